The summed E-state index contributed by atoms with van der Waals surface area (Å²) in [6, 6.07) is 6.49. The minimum Gasteiger partial charge on any atom is -0.335 e. The highest BCUT2D eigenvalue weighted by Crippen LogP contribution is 2.21. The molecular weight excluding hydrogens is 288 g/mol. The number of carbonyl (C=O) groups excluding carboxylic acids is 1. The number of benzene rings is 1. The average molecular weight is 314 g/mol. The monoisotopic (exact) mass is 314 g/mol. The lowest BCUT2D eigenvalue weighted by molar-refractivity contribution is 0.236. The van der Waals surface area contributed by atoms with Crippen LogP contribution in [0.1, 0.15) is 56.8 Å². The molecule has 0 bridgehead atoms. The lowest BCUT2D eigenvalue weighted by Crippen LogP contribution is -2.40. The normalized spacial score (nSPS) is 15.5. The molecule has 1 aromatic heterocycles. The van der Waals surface area contributed by atoms with E-state index in [0.717, 1.165) is 35.3 Å². The van der Waals surface area contributed by atoms with Crippen LogP contribution in [-0.2, 0) is 13.6 Å². The number of amides is 2. The number of rotatable bonds is 4. The van der Waals surface area contributed by atoms with Gasteiger partial charge in [0.1, 0.15) is 5.82 Å². The van der Waals surface area contributed by atoms with E-state index in [0.29, 0.717) is 18.5 Å². The van der Waals surface area contributed by atoms with E-state index in [1.165, 1.54) is 12.8 Å². The first-order valence-corrected chi connectivity index (χ1v) is 8.54. The topological polar surface area (TPSA) is 59.0 Å². The molecule has 1 heterocycles. The van der Waals surface area contributed by atoms with Gasteiger partial charge in [0, 0.05) is 25.6 Å². The maximum Gasteiger partial charge on any atom is 0.315 e. The summed E-state index contributed by atoms with van der Waals surface area (Å²) in [5, 5.41) is 5.99. The number of fused-ring (bicyclic) bond motifs is 1. The van der Waals surface area contributed by atoms with Crippen molar-refractivity contribution >= 4 is 17.1 Å². The number of imidazole rings is 1. The Morgan fingerprint density at radius 2 is 2.09 bits per heavy atom. The summed E-state index contributed by atoms with van der Waals surface area (Å²) in [6.45, 7) is 4.83. The Morgan fingerprint density at radius 1 is 1.35 bits per heavy atom. The van der Waals surface area contributed by atoms with E-state index in [4.69, 9.17) is 4.98 Å². The van der Waals surface area contributed by atoms with Crippen LogP contribution in [0.25, 0.3) is 11.0 Å². The lowest BCUT2D eigenvalue weighted by Gasteiger charge is -2.13. The minimum atomic E-state index is -0.0686. The van der Waals surface area contributed by atoms with Gasteiger partial charge in [0.05, 0.1) is 11.0 Å². The van der Waals surface area contributed by atoms with Crippen molar-refractivity contribution in [3.05, 3.63) is 29.6 Å². The van der Waals surface area contributed by atoms with E-state index in [9.17, 15) is 4.79 Å². The molecule has 1 fully saturated rings. The second-order valence-corrected chi connectivity index (χ2v) is 6.82. The third-order valence-corrected chi connectivity index (χ3v) is 4.64. The van der Waals surface area contributed by atoms with Crippen LogP contribution in [0.4, 0.5) is 4.79 Å². The number of nitrogens with zero attached hydrogens (tertiary/aromatic N) is 2. The zero-order chi connectivity index (χ0) is 16.4. The predicted octanol–water partition coefficient (Wildman–Crippen LogP) is 3.44. The maximum atomic E-state index is 11.9. The second-order valence-electron chi connectivity index (χ2n) is 6.82. The summed E-state index contributed by atoms with van der Waals surface area (Å²) < 4.78 is 2.14. The summed E-state index contributed by atoms with van der Waals surface area (Å²) >= 11 is 0. The maximum absolute atomic E-state index is 11.9. The van der Waals surface area contributed by atoms with Crippen molar-refractivity contribution in [1.29, 1.82) is 0 Å². The van der Waals surface area contributed by atoms with Gasteiger partial charge < -0.3 is 15.2 Å². The Hall–Kier alpha value is -2.04. The number of hydrogen-bond acceptors (Lipinski definition) is 2. The summed E-state index contributed by atoms with van der Waals surface area (Å²) in [5.74, 6) is 1.48. The van der Waals surface area contributed by atoms with Crippen molar-refractivity contribution in [2.75, 3.05) is 0 Å². The average Bonchev–Trinajstić information content (AvgIpc) is 3.13. The van der Waals surface area contributed by atoms with Gasteiger partial charge >= 0.3 is 6.03 Å². The van der Waals surface area contributed by atoms with E-state index in [1.54, 1.807) is 0 Å². The van der Waals surface area contributed by atoms with Crippen LogP contribution in [-0.4, -0.2) is 21.6 Å². The smallest absolute Gasteiger partial charge is 0.315 e. The highest BCUT2D eigenvalue weighted by molar-refractivity contribution is 5.77. The van der Waals surface area contributed by atoms with Crippen LogP contribution >= 0.6 is 0 Å². The van der Waals surface area contributed by atoms with Crippen molar-refractivity contribution in [3.8, 4) is 0 Å². The molecule has 0 atom stereocenters. The third kappa shape index (κ3) is 3.49. The van der Waals surface area contributed by atoms with Gasteiger partial charge in [-0.1, -0.05) is 32.8 Å². The number of carbonyl (C=O) groups is 1. The van der Waals surface area contributed by atoms with Crippen molar-refractivity contribution < 1.29 is 4.79 Å². The highest BCUT2D eigenvalue weighted by Gasteiger charge is 2.17. The number of hydrogen-bond donors (Lipinski definition) is 2. The molecule has 1 aliphatic carbocycles. The molecule has 3 rings (SSSR count). The van der Waals surface area contributed by atoms with Crippen molar-refractivity contribution in [3.63, 3.8) is 0 Å². The van der Waals surface area contributed by atoms with E-state index in [1.807, 2.05) is 0 Å². The fraction of sp³-hybridized carbons (Fsp3) is 0.556. The molecule has 1 aromatic carbocycles. The summed E-state index contributed by atoms with van der Waals surface area (Å²) in [7, 11) is 2.05. The van der Waals surface area contributed by atoms with Crippen LogP contribution in [0.15, 0.2) is 18.2 Å². The van der Waals surface area contributed by atoms with E-state index in [-0.39, 0.29) is 6.03 Å². The van der Waals surface area contributed by atoms with Crippen LogP contribution in [0, 0.1) is 0 Å². The van der Waals surface area contributed by atoms with Gasteiger partial charge in [-0.05, 0) is 30.5 Å². The Labute approximate surface area is 137 Å². The van der Waals surface area contributed by atoms with Gasteiger partial charge in [0.2, 0.25) is 0 Å². The van der Waals surface area contributed by atoms with Crippen LogP contribution in [0.3, 0.4) is 0 Å². The minimum absolute atomic E-state index is 0.0686. The molecule has 0 spiro atoms. The van der Waals surface area contributed by atoms with Gasteiger partial charge in [-0.3, -0.25) is 0 Å². The number of aryl methyl sites for hydroxylation is 1. The molecule has 0 radical (unpaired) electrons. The SMILES string of the molecule is CC(C)c1nc2cc(CNC(=O)NC3CCCC3)ccc2n1C. The van der Waals surface area contributed by atoms with Gasteiger partial charge in [0.15, 0.2) is 0 Å². The molecule has 23 heavy (non-hydrogen) atoms. The largest absolute Gasteiger partial charge is 0.335 e. The Kier molecular flexibility index (Phi) is 4.55. The predicted molar refractivity (Wildman–Crippen MR) is 92.4 cm³/mol. The van der Waals surface area contributed by atoms with Gasteiger partial charge in [-0.25, -0.2) is 9.78 Å². The molecule has 0 aliphatic heterocycles. The van der Waals surface area contributed by atoms with Crippen molar-refractivity contribution in [1.82, 2.24) is 20.2 Å². The molecule has 5 nitrogen and oxygen atoms in total. The van der Waals surface area contributed by atoms with E-state index in [2.05, 4.69) is 54.3 Å². The van der Waals surface area contributed by atoms with E-state index >= 15 is 0 Å². The molecule has 1 saturated carbocycles. The van der Waals surface area contributed by atoms with Crippen LogP contribution < -0.4 is 10.6 Å². The third-order valence-electron chi connectivity index (χ3n) is 4.64. The molecule has 2 N–H and O–H groups in total. The second kappa shape index (κ2) is 6.60. The van der Waals surface area contributed by atoms with Gasteiger partial charge in [-0.2, -0.15) is 0 Å². The molecule has 0 saturated heterocycles. The number of nitrogens with one attached hydrogen (secondary N) is 2. The Bertz CT molecular complexity index is 698. The number of aromatic nitrogens is 2. The molecule has 1 aliphatic rings. The quantitative estimate of drug-likeness (QED) is 0.908. The fourth-order valence-electron chi connectivity index (χ4n) is 3.38. The summed E-state index contributed by atoms with van der Waals surface area (Å²) in [6.07, 6.45) is 4.65. The standard InChI is InChI=1S/C18H26N4O/c1-12(2)17-21-15-10-13(8-9-16(15)22(17)3)11-19-18(23)20-14-6-4-5-7-14/h8-10,12,14H,4-7,11H2,1-3H3,(H2,19,20,23). The molecule has 0 unspecified atom stereocenters. The molecular formula is C18H26N4O. The lowest BCUT2D eigenvalue weighted by atomic mass is 10.2. The molecule has 124 valence electrons. The summed E-state index contributed by atoms with van der Waals surface area (Å²) in [4.78, 5) is 16.7. The highest BCUT2D eigenvalue weighted by atomic mass is 16.2. The van der Waals surface area contributed by atoms with Crippen molar-refractivity contribution in [2.24, 2.45) is 7.05 Å². The zero-order valence-corrected chi connectivity index (χ0v) is 14.2. The zero-order valence-electron chi connectivity index (χ0n) is 14.2. The molecule has 5 heteroatoms. The first kappa shape index (κ1) is 15.8. The summed E-state index contributed by atoms with van der Waals surface area (Å²) in [5.41, 5.74) is 3.20. The fourth-order valence-corrected chi connectivity index (χ4v) is 3.38. The number of urea groups is 1. The molecule has 2 amide bonds. The Morgan fingerprint density at radius 3 is 2.78 bits per heavy atom. The van der Waals surface area contributed by atoms with Crippen molar-refractivity contribution in [2.45, 2.75) is 58.0 Å². The van der Waals surface area contributed by atoms with Gasteiger partial charge in [0.25, 0.3) is 0 Å². The van der Waals surface area contributed by atoms with Gasteiger partial charge in [-0.15, -0.1) is 0 Å². The van der Waals surface area contributed by atoms with Crippen LogP contribution in [0.2, 0.25) is 0 Å². The Balaban J connectivity index is 1.65. The van der Waals surface area contributed by atoms with Crippen LogP contribution in [0.5, 0.6) is 0 Å². The molecule has 2 aromatic rings. The van der Waals surface area contributed by atoms with E-state index < -0.39 is 0 Å². The first-order chi connectivity index (χ1) is 11.0. The first-order valence-electron chi connectivity index (χ1n) is 8.54.